The van der Waals surface area contributed by atoms with Crippen LogP contribution in [0.15, 0.2) is 48.5 Å². The number of likely N-dealkylation sites (tertiary alicyclic amines) is 1. The topological polar surface area (TPSA) is 43.9 Å². The number of carbonyl (C=O) groups is 2. The summed E-state index contributed by atoms with van der Waals surface area (Å²) in [6.45, 7) is 3.81. The van der Waals surface area contributed by atoms with Gasteiger partial charge >= 0.3 is 0 Å². The molecule has 1 unspecified atom stereocenters. The first-order valence-electron chi connectivity index (χ1n) is 10.3. The Labute approximate surface area is 181 Å². The number of hydrogen-bond acceptors (Lipinski definition) is 3. The van der Waals surface area contributed by atoms with Gasteiger partial charge in [-0.15, -0.1) is 0 Å². The summed E-state index contributed by atoms with van der Waals surface area (Å²) in [4.78, 5) is 31.2. The average molecular weight is 430 g/mol. The predicted molar refractivity (Wildman–Crippen MR) is 115 cm³/mol. The number of hydrogen-bond donors (Lipinski definition) is 0. The number of nitrogens with zero attached hydrogens (tertiary/aromatic N) is 3. The summed E-state index contributed by atoms with van der Waals surface area (Å²) in [5, 5.41) is 0.705. The smallest absolute Gasteiger partial charge is 0.228 e. The number of anilines is 1. The van der Waals surface area contributed by atoms with Crippen LogP contribution in [0.2, 0.25) is 5.02 Å². The number of benzene rings is 2. The number of halogens is 2. The maximum atomic E-state index is 13.0. The summed E-state index contributed by atoms with van der Waals surface area (Å²) >= 11 is 6.08. The fourth-order valence-corrected chi connectivity index (χ4v) is 4.37. The van der Waals surface area contributed by atoms with Gasteiger partial charge in [-0.3, -0.25) is 9.59 Å². The van der Waals surface area contributed by atoms with Gasteiger partial charge in [0.15, 0.2) is 0 Å². The second kappa shape index (κ2) is 9.04. The van der Waals surface area contributed by atoms with Crippen molar-refractivity contribution in [2.75, 3.05) is 44.2 Å². The Kier molecular flexibility index (Phi) is 6.23. The third kappa shape index (κ3) is 4.75. The van der Waals surface area contributed by atoms with Crippen LogP contribution in [0.5, 0.6) is 0 Å². The van der Waals surface area contributed by atoms with Crippen molar-refractivity contribution in [3.63, 3.8) is 0 Å². The normalized spacial score (nSPS) is 19.5. The predicted octanol–water partition coefficient (Wildman–Crippen LogP) is 3.22. The van der Waals surface area contributed by atoms with Gasteiger partial charge in [-0.25, -0.2) is 4.39 Å². The number of piperazine rings is 1. The molecule has 0 aliphatic carbocycles. The molecule has 2 aromatic rings. The number of amides is 2. The van der Waals surface area contributed by atoms with Crippen molar-refractivity contribution >= 4 is 29.1 Å². The van der Waals surface area contributed by atoms with E-state index < -0.39 is 0 Å². The van der Waals surface area contributed by atoms with Crippen LogP contribution in [0.3, 0.4) is 0 Å². The molecule has 2 aromatic carbocycles. The standard InChI is InChI=1S/C23H25ClFN3O2/c24-19-2-1-3-21(15-19)26-10-12-27(13-11-26)23(30)18-14-22(29)28(16-18)9-8-17-4-6-20(25)7-5-17/h1-7,15,18H,8-14,16H2. The molecule has 0 radical (unpaired) electrons. The SMILES string of the molecule is O=C1CC(C(=O)N2CCN(c3cccc(Cl)c3)CC2)CN1CCc1ccc(F)cc1. The van der Waals surface area contributed by atoms with Gasteiger partial charge in [0.25, 0.3) is 0 Å². The van der Waals surface area contributed by atoms with Crippen LogP contribution < -0.4 is 4.90 Å². The summed E-state index contributed by atoms with van der Waals surface area (Å²) in [5.74, 6) is -0.452. The largest absolute Gasteiger partial charge is 0.368 e. The molecule has 2 amide bonds. The summed E-state index contributed by atoms with van der Waals surface area (Å²) in [6, 6.07) is 14.1. The van der Waals surface area contributed by atoms with Gasteiger partial charge in [0.1, 0.15) is 5.82 Å². The molecule has 2 aliphatic heterocycles. The second-order valence-electron chi connectivity index (χ2n) is 7.91. The van der Waals surface area contributed by atoms with Crippen molar-refractivity contribution in [3.8, 4) is 0 Å². The van der Waals surface area contributed by atoms with Crippen molar-refractivity contribution in [1.82, 2.24) is 9.80 Å². The Bertz CT molecular complexity index is 913. The Hall–Kier alpha value is -2.60. The van der Waals surface area contributed by atoms with E-state index in [4.69, 9.17) is 11.6 Å². The summed E-state index contributed by atoms with van der Waals surface area (Å²) < 4.78 is 13.0. The van der Waals surface area contributed by atoms with Gasteiger partial charge in [0.2, 0.25) is 11.8 Å². The van der Waals surface area contributed by atoms with E-state index in [0.717, 1.165) is 24.3 Å². The molecule has 0 saturated carbocycles. The highest BCUT2D eigenvalue weighted by atomic mass is 35.5. The Morgan fingerprint density at radius 2 is 1.80 bits per heavy atom. The zero-order valence-corrected chi connectivity index (χ0v) is 17.5. The van der Waals surface area contributed by atoms with Gasteiger partial charge in [-0.05, 0) is 42.3 Å². The van der Waals surface area contributed by atoms with E-state index in [2.05, 4.69) is 4.90 Å². The molecule has 2 heterocycles. The second-order valence-corrected chi connectivity index (χ2v) is 8.35. The van der Waals surface area contributed by atoms with Crippen LogP contribution in [0.4, 0.5) is 10.1 Å². The van der Waals surface area contributed by atoms with E-state index in [0.29, 0.717) is 37.6 Å². The van der Waals surface area contributed by atoms with E-state index in [9.17, 15) is 14.0 Å². The van der Waals surface area contributed by atoms with Gasteiger partial charge in [0.05, 0.1) is 5.92 Å². The molecule has 0 N–H and O–H groups in total. The minimum Gasteiger partial charge on any atom is -0.368 e. The van der Waals surface area contributed by atoms with Crippen molar-refractivity contribution < 1.29 is 14.0 Å². The third-order valence-electron chi connectivity index (χ3n) is 5.91. The molecule has 2 aliphatic rings. The van der Waals surface area contributed by atoms with Crippen LogP contribution in [-0.2, 0) is 16.0 Å². The van der Waals surface area contributed by atoms with Crippen LogP contribution in [0.25, 0.3) is 0 Å². The third-order valence-corrected chi connectivity index (χ3v) is 6.15. The molecular formula is C23H25ClFN3O2. The molecule has 0 bridgehead atoms. The van der Waals surface area contributed by atoms with E-state index in [-0.39, 0.29) is 30.0 Å². The number of rotatable bonds is 5. The van der Waals surface area contributed by atoms with Crippen molar-refractivity contribution in [3.05, 3.63) is 64.9 Å². The Balaban J connectivity index is 1.28. The van der Waals surface area contributed by atoms with Gasteiger partial charge in [-0.1, -0.05) is 29.8 Å². The average Bonchev–Trinajstić information content (AvgIpc) is 3.13. The van der Waals surface area contributed by atoms with Gasteiger partial charge in [-0.2, -0.15) is 0 Å². The van der Waals surface area contributed by atoms with Crippen molar-refractivity contribution in [1.29, 1.82) is 0 Å². The molecule has 2 fully saturated rings. The fraction of sp³-hybridized carbons (Fsp3) is 0.391. The molecule has 5 nitrogen and oxygen atoms in total. The molecule has 4 rings (SSSR count). The number of carbonyl (C=O) groups excluding carboxylic acids is 2. The quantitative estimate of drug-likeness (QED) is 0.733. The molecule has 7 heteroatoms. The molecule has 0 spiro atoms. The van der Waals surface area contributed by atoms with Crippen LogP contribution in [0.1, 0.15) is 12.0 Å². The molecule has 0 aromatic heterocycles. The maximum Gasteiger partial charge on any atom is 0.228 e. The fourth-order valence-electron chi connectivity index (χ4n) is 4.18. The first kappa shape index (κ1) is 20.7. The lowest BCUT2D eigenvalue weighted by Crippen LogP contribution is -2.50. The Morgan fingerprint density at radius 3 is 2.50 bits per heavy atom. The van der Waals surface area contributed by atoms with Crippen LogP contribution in [-0.4, -0.2) is 60.9 Å². The lowest BCUT2D eigenvalue weighted by Gasteiger charge is -2.37. The molecule has 30 heavy (non-hydrogen) atoms. The zero-order chi connectivity index (χ0) is 21.1. The first-order chi connectivity index (χ1) is 14.5. The highest BCUT2D eigenvalue weighted by molar-refractivity contribution is 6.30. The van der Waals surface area contributed by atoms with Crippen molar-refractivity contribution in [2.24, 2.45) is 5.92 Å². The molecule has 2 saturated heterocycles. The summed E-state index contributed by atoms with van der Waals surface area (Å²) in [5.41, 5.74) is 2.05. The summed E-state index contributed by atoms with van der Waals surface area (Å²) in [7, 11) is 0. The first-order valence-corrected chi connectivity index (χ1v) is 10.7. The summed E-state index contributed by atoms with van der Waals surface area (Å²) in [6.07, 6.45) is 0.933. The highest BCUT2D eigenvalue weighted by Gasteiger charge is 2.37. The molecular weight excluding hydrogens is 405 g/mol. The lowest BCUT2D eigenvalue weighted by molar-refractivity contribution is -0.136. The highest BCUT2D eigenvalue weighted by Crippen LogP contribution is 2.24. The maximum absolute atomic E-state index is 13.0. The van der Waals surface area contributed by atoms with E-state index in [1.807, 2.05) is 29.2 Å². The minimum absolute atomic E-state index is 0.0213. The monoisotopic (exact) mass is 429 g/mol. The zero-order valence-electron chi connectivity index (χ0n) is 16.8. The van der Waals surface area contributed by atoms with E-state index in [1.165, 1.54) is 12.1 Å². The Morgan fingerprint density at radius 1 is 1.07 bits per heavy atom. The van der Waals surface area contributed by atoms with Crippen molar-refractivity contribution in [2.45, 2.75) is 12.8 Å². The van der Waals surface area contributed by atoms with E-state index in [1.54, 1.807) is 17.0 Å². The molecule has 1 atom stereocenters. The van der Waals surface area contributed by atoms with Gasteiger partial charge in [0, 0.05) is 56.4 Å². The van der Waals surface area contributed by atoms with Crippen LogP contribution >= 0.6 is 11.6 Å². The lowest BCUT2D eigenvalue weighted by atomic mass is 10.1. The molecule has 158 valence electrons. The van der Waals surface area contributed by atoms with Crippen LogP contribution in [0, 0.1) is 11.7 Å². The minimum atomic E-state index is -0.275. The van der Waals surface area contributed by atoms with E-state index >= 15 is 0 Å². The van der Waals surface area contributed by atoms with Gasteiger partial charge < -0.3 is 14.7 Å².